The number of alkyl halides is 3. The Labute approximate surface area is 140 Å². The maximum absolute atomic E-state index is 12.8. The Morgan fingerprint density at radius 3 is 2.76 bits per heavy atom. The number of fused-ring (bicyclic) bond motifs is 1. The van der Waals surface area contributed by atoms with Crippen LogP contribution in [0.1, 0.15) is 11.1 Å². The molecule has 0 saturated heterocycles. The third-order valence-corrected chi connectivity index (χ3v) is 3.36. The van der Waals surface area contributed by atoms with Gasteiger partial charge >= 0.3 is 6.18 Å². The van der Waals surface area contributed by atoms with Crippen LogP contribution in [0.4, 0.5) is 18.9 Å². The first-order valence-electron chi connectivity index (χ1n) is 7.25. The zero-order valence-electron chi connectivity index (χ0n) is 13.0. The number of carbonyl (C=O) groups excluding carboxylic acids is 1. The smallest absolute Gasteiger partial charge is 0.385 e. The predicted octanol–water partition coefficient (Wildman–Crippen LogP) is 2.83. The van der Waals surface area contributed by atoms with E-state index in [0.717, 1.165) is 22.5 Å². The highest BCUT2D eigenvalue weighted by Crippen LogP contribution is 2.30. The van der Waals surface area contributed by atoms with Gasteiger partial charge in [-0.3, -0.25) is 4.79 Å². The van der Waals surface area contributed by atoms with E-state index in [1.807, 2.05) is 13.0 Å². The summed E-state index contributed by atoms with van der Waals surface area (Å²) in [5.74, 6) is -0.471. The van der Waals surface area contributed by atoms with Crippen molar-refractivity contribution in [3.8, 4) is 0 Å². The molecule has 130 valence electrons. The third-order valence-electron chi connectivity index (χ3n) is 3.36. The zero-order valence-corrected chi connectivity index (χ0v) is 13.0. The molecule has 0 radical (unpaired) electrons. The van der Waals surface area contributed by atoms with Gasteiger partial charge in [0.15, 0.2) is 6.61 Å². The molecule has 0 spiro atoms. The molecule has 6 nitrogen and oxygen atoms in total. The Balaban J connectivity index is 1.71. The highest BCUT2D eigenvalue weighted by molar-refractivity contribution is 5.91. The van der Waals surface area contributed by atoms with Crippen molar-refractivity contribution in [2.75, 3.05) is 11.9 Å². The molecule has 1 heterocycles. The van der Waals surface area contributed by atoms with Gasteiger partial charge in [-0.05, 0) is 48.0 Å². The third kappa shape index (κ3) is 3.87. The lowest BCUT2D eigenvalue weighted by atomic mass is 10.2. The number of halogens is 3. The van der Waals surface area contributed by atoms with Gasteiger partial charge < -0.3 is 10.2 Å². The second-order valence-electron chi connectivity index (χ2n) is 5.35. The summed E-state index contributed by atoms with van der Waals surface area (Å²) in [6.45, 7) is 1.45. The molecule has 0 atom stereocenters. The molecule has 1 aromatic heterocycles. The van der Waals surface area contributed by atoms with Crippen LogP contribution in [0.2, 0.25) is 0 Å². The van der Waals surface area contributed by atoms with Gasteiger partial charge in [-0.15, -0.1) is 5.10 Å². The number of rotatable bonds is 4. The monoisotopic (exact) mass is 350 g/mol. The molecule has 0 aliphatic carbocycles. The first-order chi connectivity index (χ1) is 11.8. The van der Waals surface area contributed by atoms with E-state index < -0.39 is 24.3 Å². The van der Waals surface area contributed by atoms with Gasteiger partial charge in [-0.1, -0.05) is 17.0 Å². The zero-order chi connectivity index (χ0) is 18.0. The lowest BCUT2D eigenvalue weighted by molar-refractivity contribution is -0.137. The van der Waals surface area contributed by atoms with Crippen molar-refractivity contribution in [2.45, 2.75) is 13.1 Å². The van der Waals surface area contributed by atoms with Gasteiger partial charge in [-0.2, -0.15) is 13.2 Å². The normalized spacial score (nSPS) is 11.5. The SMILES string of the molecule is Cc1cccc(NC(=O)COn2nnc3ccc(C(F)(F)F)cc32)c1. The maximum atomic E-state index is 12.8. The molecule has 1 N–H and O–H groups in total. The first-order valence-corrected chi connectivity index (χ1v) is 7.25. The second-order valence-corrected chi connectivity index (χ2v) is 5.35. The van der Waals surface area contributed by atoms with Crippen LogP contribution < -0.4 is 10.2 Å². The maximum Gasteiger partial charge on any atom is 0.416 e. The van der Waals surface area contributed by atoms with E-state index in [9.17, 15) is 18.0 Å². The number of benzene rings is 2. The fourth-order valence-corrected chi connectivity index (χ4v) is 2.21. The van der Waals surface area contributed by atoms with Crippen LogP contribution >= 0.6 is 0 Å². The van der Waals surface area contributed by atoms with Crippen molar-refractivity contribution in [3.63, 3.8) is 0 Å². The summed E-state index contributed by atoms with van der Waals surface area (Å²) in [4.78, 5) is 17.9. The molecule has 9 heteroatoms. The molecule has 3 aromatic rings. The van der Waals surface area contributed by atoms with E-state index in [-0.39, 0.29) is 11.0 Å². The minimum atomic E-state index is -4.49. The quantitative estimate of drug-likeness (QED) is 0.786. The summed E-state index contributed by atoms with van der Waals surface area (Å²) in [6, 6.07) is 10.1. The van der Waals surface area contributed by atoms with Gasteiger partial charge in [-0.25, -0.2) is 0 Å². The summed E-state index contributed by atoms with van der Waals surface area (Å²) in [6.07, 6.45) is -4.49. The standard InChI is InChI=1S/C16H13F3N4O2/c1-10-3-2-4-12(7-10)20-15(24)9-25-23-14-8-11(16(17,18)19)5-6-13(14)21-22-23/h2-8H,9H2,1H3,(H,20,24). The lowest BCUT2D eigenvalue weighted by Gasteiger charge is -2.09. The van der Waals surface area contributed by atoms with Crippen LogP contribution in [0.15, 0.2) is 42.5 Å². The first kappa shape index (κ1) is 16.7. The Morgan fingerprint density at radius 1 is 1.24 bits per heavy atom. The lowest BCUT2D eigenvalue weighted by Crippen LogP contribution is -2.26. The number of hydrogen-bond donors (Lipinski definition) is 1. The molecule has 0 bridgehead atoms. The predicted molar refractivity (Wildman–Crippen MR) is 83.8 cm³/mol. The summed E-state index contributed by atoms with van der Waals surface area (Å²) in [5, 5.41) is 9.94. The summed E-state index contributed by atoms with van der Waals surface area (Å²) in [7, 11) is 0. The number of carbonyl (C=O) groups is 1. The largest absolute Gasteiger partial charge is 0.416 e. The van der Waals surface area contributed by atoms with Crippen LogP contribution in [0.25, 0.3) is 11.0 Å². The van der Waals surface area contributed by atoms with Gasteiger partial charge in [0.1, 0.15) is 11.0 Å². The van der Waals surface area contributed by atoms with Gasteiger partial charge in [0.05, 0.1) is 5.56 Å². The van der Waals surface area contributed by atoms with Crippen molar-refractivity contribution in [2.24, 2.45) is 0 Å². The fraction of sp³-hybridized carbons (Fsp3) is 0.188. The van der Waals surface area contributed by atoms with Crippen LogP contribution in [-0.2, 0) is 11.0 Å². The van der Waals surface area contributed by atoms with Crippen molar-refractivity contribution < 1.29 is 22.8 Å². The topological polar surface area (TPSA) is 69.0 Å². The number of anilines is 1. The van der Waals surface area contributed by atoms with Crippen LogP contribution in [-0.4, -0.2) is 27.7 Å². The number of amides is 1. The number of nitrogens with zero attached hydrogens (tertiary/aromatic N) is 3. The number of aromatic nitrogens is 3. The number of hydrogen-bond acceptors (Lipinski definition) is 4. The molecule has 3 rings (SSSR count). The van der Waals surface area contributed by atoms with Crippen LogP contribution in [0.3, 0.4) is 0 Å². The number of aryl methyl sites for hydroxylation is 1. The molecule has 0 unspecified atom stereocenters. The minimum Gasteiger partial charge on any atom is -0.385 e. The van der Waals surface area contributed by atoms with Crippen molar-refractivity contribution in [1.82, 2.24) is 15.2 Å². The molecule has 0 aliphatic heterocycles. The Kier molecular flexibility index (Phi) is 4.30. The minimum absolute atomic E-state index is 0.0261. The van der Waals surface area contributed by atoms with Gasteiger partial charge in [0.2, 0.25) is 0 Å². The molecule has 25 heavy (non-hydrogen) atoms. The van der Waals surface area contributed by atoms with Crippen LogP contribution in [0.5, 0.6) is 0 Å². The van der Waals surface area contributed by atoms with Crippen LogP contribution in [0, 0.1) is 6.92 Å². The number of nitrogens with one attached hydrogen (secondary N) is 1. The molecule has 1 amide bonds. The Bertz CT molecular complexity index is 921. The van der Waals surface area contributed by atoms with E-state index in [1.165, 1.54) is 6.07 Å². The van der Waals surface area contributed by atoms with Gasteiger partial charge in [0, 0.05) is 5.69 Å². The highest BCUT2D eigenvalue weighted by atomic mass is 19.4. The molecular weight excluding hydrogens is 337 g/mol. The van der Waals surface area contributed by atoms with Crippen molar-refractivity contribution in [1.29, 1.82) is 0 Å². The van der Waals surface area contributed by atoms with E-state index >= 15 is 0 Å². The molecule has 0 aliphatic rings. The summed E-state index contributed by atoms with van der Waals surface area (Å²) >= 11 is 0. The molecule has 2 aromatic carbocycles. The average Bonchev–Trinajstić information content (AvgIpc) is 2.94. The fourth-order valence-electron chi connectivity index (χ4n) is 2.21. The van der Waals surface area contributed by atoms with Crippen molar-refractivity contribution >= 4 is 22.6 Å². The Hall–Kier alpha value is -3.10. The average molecular weight is 350 g/mol. The van der Waals surface area contributed by atoms with E-state index in [4.69, 9.17) is 4.84 Å². The van der Waals surface area contributed by atoms with E-state index in [1.54, 1.807) is 18.2 Å². The van der Waals surface area contributed by atoms with Gasteiger partial charge in [0.25, 0.3) is 5.91 Å². The second kappa shape index (κ2) is 6.42. The van der Waals surface area contributed by atoms with E-state index in [0.29, 0.717) is 5.69 Å². The Morgan fingerprint density at radius 2 is 2.04 bits per heavy atom. The molecule has 0 saturated carbocycles. The summed E-state index contributed by atoms with van der Waals surface area (Å²) in [5.41, 5.74) is 0.971. The molecular formula is C16H13F3N4O2. The molecule has 0 fully saturated rings. The van der Waals surface area contributed by atoms with Crippen molar-refractivity contribution in [3.05, 3.63) is 53.6 Å². The highest BCUT2D eigenvalue weighted by Gasteiger charge is 2.31. The summed E-state index contributed by atoms with van der Waals surface area (Å²) < 4.78 is 38.4. The van der Waals surface area contributed by atoms with E-state index in [2.05, 4.69) is 15.6 Å².